The molecule has 0 saturated carbocycles. The molecule has 32 heavy (non-hydrogen) atoms. The lowest BCUT2D eigenvalue weighted by Gasteiger charge is -2.19. The summed E-state index contributed by atoms with van der Waals surface area (Å²) in [5.74, 6) is -2.47. The van der Waals surface area contributed by atoms with Crippen LogP contribution in [-0.4, -0.2) is 26.3 Å². The summed E-state index contributed by atoms with van der Waals surface area (Å²) in [4.78, 5) is 24.5. The van der Waals surface area contributed by atoms with Crippen molar-refractivity contribution in [3.8, 4) is 0 Å². The highest BCUT2D eigenvalue weighted by atomic mass is 35.5. The second kappa shape index (κ2) is 10.4. The van der Waals surface area contributed by atoms with Crippen LogP contribution in [0, 0.1) is 5.82 Å². The van der Waals surface area contributed by atoms with E-state index in [-0.39, 0.29) is 17.0 Å². The maximum atomic E-state index is 14.1. The largest absolute Gasteiger partial charge is 0.271 e. The van der Waals surface area contributed by atoms with Crippen LogP contribution in [0.1, 0.15) is 15.9 Å². The molecule has 166 valence electrons. The number of hydrazine groups is 1. The Kier molecular flexibility index (Phi) is 7.57. The maximum Gasteiger partial charge on any atom is 0.271 e. The third-order valence-electron chi connectivity index (χ3n) is 4.44. The Morgan fingerprint density at radius 1 is 0.875 bits per heavy atom. The average molecular weight is 476 g/mol. The van der Waals surface area contributed by atoms with Crippen LogP contribution in [0.2, 0.25) is 5.02 Å². The molecular weight excluding hydrogens is 457 g/mol. The van der Waals surface area contributed by atoms with Crippen molar-refractivity contribution in [1.29, 1.82) is 0 Å². The Labute approximate surface area is 189 Å². The van der Waals surface area contributed by atoms with Crippen molar-refractivity contribution in [3.63, 3.8) is 0 Å². The first kappa shape index (κ1) is 23.4. The summed E-state index contributed by atoms with van der Waals surface area (Å²) in [5, 5.41) is 0.181. The molecule has 3 aromatic carbocycles. The standard InChI is InChI=1S/C22H19ClFN3O4S/c23-17-11-5-4-10-16(17)21(28)25-26-22(29)19(14-15-8-2-1-3-9-15)27-32(30,31)20-13-7-6-12-18(20)24/h1-13,19,27H,14H2,(H,25,28)(H,26,29)/t19-/m0/s1. The smallest absolute Gasteiger partial charge is 0.271 e. The second-order valence-corrected chi connectivity index (χ2v) is 8.81. The van der Waals surface area contributed by atoms with Gasteiger partial charge in [0.2, 0.25) is 10.0 Å². The Hall–Kier alpha value is -3.27. The molecule has 1 atom stereocenters. The molecule has 0 aliphatic heterocycles. The monoisotopic (exact) mass is 475 g/mol. The van der Waals surface area contributed by atoms with Crippen LogP contribution in [0.4, 0.5) is 4.39 Å². The van der Waals surface area contributed by atoms with E-state index in [0.29, 0.717) is 5.56 Å². The summed E-state index contributed by atoms with van der Waals surface area (Å²) >= 11 is 5.97. The van der Waals surface area contributed by atoms with E-state index in [1.54, 1.807) is 42.5 Å². The van der Waals surface area contributed by atoms with Gasteiger partial charge in [0.15, 0.2) is 0 Å². The van der Waals surface area contributed by atoms with E-state index in [9.17, 15) is 22.4 Å². The molecule has 0 fully saturated rings. The molecule has 0 bridgehead atoms. The van der Waals surface area contributed by atoms with Gasteiger partial charge in [-0.15, -0.1) is 0 Å². The number of hydrogen-bond donors (Lipinski definition) is 3. The van der Waals surface area contributed by atoms with Crippen LogP contribution in [0.5, 0.6) is 0 Å². The minimum atomic E-state index is -4.37. The van der Waals surface area contributed by atoms with E-state index < -0.39 is 38.6 Å². The first-order valence-corrected chi connectivity index (χ1v) is 11.3. The zero-order valence-electron chi connectivity index (χ0n) is 16.6. The van der Waals surface area contributed by atoms with Gasteiger partial charge in [0.05, 0.1) is 10.6 Å². The molecule has 3 rings (SSSR count). The number of carbonyl (C=O) groups excluding carboxylic acids is 2. The fraction of sp³-hybridized carbons (Fsp3) is 0.0909. The lowest BCUT2D eigenvalue weighted by Crippen LogP contribution is -2.53. The van der Waals surface area contributed by atoms with Crippen molar-refractivity contribution in [3.05, 3.63) is 101 Å². The summed E-state index contributed by atoms with van der Waals surface area (Å²) in [7, 11) is -4.37. The Morgan fingerprint density at radius 2 is 1.50 bits per heavy atom. The lowest BCUT2D eigenvalue weighted by atomic mass is 10.1. The molecule has 0 saturated heterocycles. The van der Waals surface area contributed by atoms with Gasteiger partial charge >= 0.3 is 0 Å². The summed E-state index contributed by atoms with van der Waals surface area (Å²) in [6.07, 6.45) is -0.0394. The fourth-order valence-electron chi connectivity index (χ4n) is 2.87. The van der Waals surface area contributed by atoms with Crippen LogP contribution in [-0.2, 0) is 21.2 Å². The highest BCUT2D eigenvalue weighted by molar-refractivity contribution is 7.89. The number of sulfonamides is 1. The Bertz CT molecular complexity index is 1220. The quantitative estimate of drug-likeness (QED) is 0.457. The number of benzene rings is 3. The molecule has 0 aromatic heterocycles. The molecule has 0 radical (unpaired) electrons. The third kappa shape index (κ3) is 5.91. The predicted octanol–water partition coefficient (Wildman–Crippen LogP) is 2.83. The number of hydrogen-bond acceptors (Lipinski definition) is 4. The summed E-state index contributed by atoms with van der Waals surface area (Å²) < 4.78 is 41.7. The molecule has 2 amide bonds. The van der Waals surface area contributed by atoms with Gasteiger partial charge < -0.3 is 0 Å². The molecule has 3 aromatic rings. The van der Waals surface area contributed by atoms with E-state index in [2.05, 4.69) is 15.6 Å². The van der Waals surface area contributed by atoms with E-state index in [1.165, 1.54) is 24.3 Å². The van der Waals surface area contributed by atoms with Gasteiger partial charge in [-0.3, -0.25) is 20.4 Å². The second-order valence-electron chi connectivity index (χ2n) is 6.72. The first-order chi connectivity index (χ1) is 15.3. The zero-order valence-corrected chi connectivity index (χ0v) is 18.2. The van der Waals surface area contributed by atoms with Gasteiger partial charge in [-0.25, -0.2) is 12.8 Å². The van der Waals surface area contributed by atoms with E-state index in [0.717, 1.165) is 12.1 Å². The molecule has 3 N–H and O–H groups in total. The Morgan fingerprint density at radius 3 is 2.19 bits per heavy atom. The van der Waals surface area contributed by atoms with E-state index in [4.69, 9.17) is 11.6 Å². The summed E-state index contributed by atoms with van der Waals surface area (Å²) in [6.45, 7) is 0. The highest BCUT2D eigenvalue weighted by Gasteiger charge is 2.28. The van der Waals surface area contributed by atoms with Gasteiger partial charge in [-0.1, -0.05) is 66.2 Å². The van der Waals surface area contributed by atoms with Gasteiger partial charge in [0.25, 0.3) is 11.8 Å². The molecule has 0 aliphatic carbocycles. The van der Waals surface area contributed by atoms with Crippen LogP contribution < -0.4 is 15.6 Å². The number of halogens is 2. The molecule has 0 heterocycles. The van der Waals surface area contributed by atoms with Crippen molar-refractivity contribution in [1.82, 2.24) is 15.6 Å². The number of rotatable bonds is 7. The third-order valence-corrected chi connectivity index (χ3v) is 6.27. The average Bonchev–Trinajstić information content (AvgIpc) is 2.78. The van der Waals surface area contributed by atoms with Gasteiger partial charge in [-0.05, 0) is 36.2 Å². The van der Waals surface area contributed by atoms with Crippen molar-refractivity contribution in [2.24, 2.45) is 0 Å². The molecule has 0 unspecified atom stereocenters. The predicted molar refractivity (Wildman–Crippen MR) is 118 cm³/mol. The van der Waals surface area contributed by atoms with E-state index in [1.807, 2.05) is 0 Å². The number of carbonyl (C=O) groups is 2. The topological polar surface area (TPSA) is 104 Å². The SMILES string of the molecule is O=C(NNC(=O)[C@H](Cc1ccccc1)NS(=O)(=O)c1ccccc1F)c1ccccc1Cl. The van der Waals surface area contributed by atoms with Gasteiger partial charge in [-0.2, -0.15) is 4.72 Å². The van der Waals surface area contributed by atoms with Crippen molar-refractivity contribution in [2.75, 3.05) is 0 Å². The number of amides is 2. The van der Waals surface area contributed by atoms with Crippen molar-refractivity contribution >= 4 is 33.4 Å². The lowest BCUT2D eigenvalue weighted by molar-refractivity contribution is -0.123. The van der Waals surface area contributed by atoms with Crippen molar-refractivity contribution in [2.45, 2.75) is 17.4 Å². The van der Waals surface area contributed by atoms with E-state index >= 15 is 0 Å². The number of nitrogens with one attached hydrogen (secondary N) is 3. The first-order valence-electron chi connectivity index (χ1n) is 9.43. The van der Waals surface area contributed by atoms with Crippen LogP contribution in [0.3, 0.4) is 0 Å². The normalized spacial score (nSPS) is 12.1. The molecule has 0 aliphatic rings. The molecular formula is C22H19ClFN3O4S. The van der Waals surface area contributed by atoms with Gasteiger partial charge in [0.1, 0.15) is 16.8 Å². The van der Waals surface area contributed by atoms with Crippen LogP contribution in [0.15, 0.2) is 83.8 Å². The maximum absolute atomic E-state index is 14.1. The zero-order chi connectivity index (χ0) is 23.1. The highest BCUT2D eigenvalue weighted by Crippen LogP contribution is 2.16. The fourth-order valence-corrected chi connectivity index (χ4v) is 4.37. The van der Waals surface area contributed by atoms with Gasteiger partial charge in [0, 0.05) is 0 Å². The van der Waals surface area contributed by atoms with Crippen LogP contribution in [0.25, 0.3) is 0 Å². The molecule has 7 nitrogen and oxygen atoms in total. The Balaban J connectivity index is 1.79. The summed E-state index contributed by atoms with van der Waals surface area (Å²) in [6, 6.07) is 18.3. The molecule has 0 spiro atoms. The molecule has 10 heteroatoms. The van der Waals surface area contributed by atoms with Crippen LogP contribution >= 0.6 is 11.6 Å². The minimum Gasteiger partial charge on any atom is -0.271 e. The van der Waals surface area contributed by atoms with Crippen molar-refractivity contribution < 1.29 is 22.4 Å². The minimum absolute atomic E-state index is 0.0394. The summed E-state index contributed by atoms with van der Waals surface area (Å²) in [5.41, 5.74) is 5.19.